The molecule has 0 aliphatic heterocycles. The van der Waals surface area contributed by atoms with Crippen molar-refractivity contribution < 1.29 is 9.18 Å². The summed E-state index contributed by atoms with van der Waals surface area (Å²) in [6.07, 6.45) is 8.13. The van der Waals surface area contributed by atoms with Crippen LogP contribution >= 0.6 is 0 Å². The molecule has 1 aliphatic carbocycles. The summed E-state index contributed by atoms with van der Waals surface area (Å²) >= 11 is 0. The fraction of sp³-hybridized carbons (Fsp3) is 0.222. The Bertz CT molecular complexity index is 890. The topological polar surface area (TPSA) is 72.7 Å². The highest BCUT2D eigenvalue weighted by Gasteiger charge is 2.32. The number of nitrogens with zero attached hydrogens (tertiary/aromatic N) is 4. The largest absolute Gasteiger partial charge is 0.347 e. The van der Waals surface area contributed by atoms with Crippen LogP contribution in [0.2, 0.25) is 0 Å². The normalized spacial score (nSPS) is 19.2. The Morgan fingerprint density at radius 2 is 2.12 bits per heavy atom. The number of carbonyl (C=O) groups excluding carboxylic acids is 1. The summed E-state index contributed by atoms with van der Waals surface area (Å²) in [5.41, 5.74) is 0.976. The number of amides is 1. The quantitative estimate of drug-likeness (QED) is 0.794. The van der Waals surface area contributed by atoms with Gasteiger partial charge in [-0.25, -0.2) is 19.3 Å². The monoisotopic (exact) mass is 337 g/mol. The molecule has 2 heterocycles. The van der Waals surface area contributed by atoms with Crippen LogP contribution in [0.5, 0.6) is 0 Å². The number of nitrogens with one attached hydrogen (secondary N) is 1. The average Bonchev–Trinajstić information content (AvgIpc) is 3.12. The summed E-state index contributed by atoms with van der Waals surface area (Å²) in [4.78, 5) is 24.6. The van der Waals surface area contributed by atoms with Gasteiger partial charge in [0.25, 0.3) is 5.91 Å². The molecule has 0 radical (unpaired) electrons. The van der Waals surface area contributed by atoms with E-state index >= 15 is 0 Å². The van der Waals surface area contributed by atoms with Gasteiger partial charge in [-0.3, -0.25) is 9.36 Å². The molecule has 4 rings (SSSR count). The summed E-state index contributed by atoms with van der Waals surface area (Å²) in [6.45, 7) is 0. The minimum Gasteiger partial charge on any atom is -0.347 e. The number of aromatic nitrogens is 4. The van der Waals surface area contributed by atoms with E-state index in [1.54, 1.807) is 47.7 Å². The van der Waals surface area contributed by atoms with Gasteiger partial charge in [0.1, 0.15) is 18.0 Å². The molecule has 0 bridgehead atoms. The fourth-order valence-corrected chi connectivity index (χ4v) is 3.02. The van der Waals surface area contributed by atoms with E-state index in [2.05, 4.69) is 20.3 Å². The van der Waals surface area contributed by atoms with Crippen LogP contribution in [0, 0.1) is 5.82 Å². The van der Waals surface area contributed by atoms with Gasteiger partial charge in [-0.05, 0) is 42.5 Å². The second kappa shape index (κ2) is 6.43. The van der Waals surface area contributed by atoms with Crippen LogP contribution in [0.3, 0.4) is 0 Å². The van der Waals surface area contributed by atoms with Crippen LogP contribution in [0.25, 0.3) is 5.82 Å². The summed E-state index contributed by atoms with van der Waals surface area (Å²) in [5.74, 6) is 0.461. The Balaban J connectivity index is 1.38. The lowest BCUT2D eigenvalue weighted by Crippen LogP contribution is -2.43. The van der Waals surface area contributed by atoms with Crippen molar-refractivity contribution in [2.75, 3.05) is 0 Å². The fourth-order valence-electron chi connectivity index (χ4n) is 3.02. The van der Waals surface area contributed by atoms with Crippen molar-refractivity contribution in [2.24, 2.45) is 0 Å². The first-order valence-corrected chi connectivity index (χ1v) is 8.07. The number of benzene rings is 1. The third-order valence-corrected chi connectivity index (χ3v) is 4.41. The predicted molar refractivity (Wildman–Crippen MR) is 88.8 cm³/mol. The van der Waals surface area contributed by atoms with Crippen molar-refractivity contribution in [3.05, 3.63) is 72.5 Å². The molecule has 6 nitrogen and oxygen atoms in total. The molecule has 0 atom stereocenters. The summed E-state index contributed by atoms with van der Waals surface area (Å²) in [7, 11) is 0. The molecule has 3 aromatic rings. The minimum atomic E-state index is -0.301. The summed E-state index contributed by atoms with van der Waals surface area (Å²) < 4.78 is 15.0. The van der Waals surface area contributed by atoms with Gasteiger partial charge in [-0.15, -0.1) is 0 Å². The number of rotatable bonds is 4. The second-order valence-electron chi connectivity index (χ2n) is 6.10. The van der Waals surface area contributed by atoms with E-state index in [1.807, 2.05) is 6.07 Å². The van der Waals surface area contributed by atoms with E-state index < -0.39 is 0 Å². The van der Waals surface area contributed by atoms with Gasteiger partial charge in [0.2, 0.25) is 5.82 Å². The van der Waals surface area contributed by atoms with Gasteiger partial charge in [0.05, 0.1) is 0 Å². The molecule has 2 aromatic heterocycles. The summed E-state index contributed by atoms with van der Waals surface area (Å²) in [6, 6.07) is 8.39. The van der Waals surface area contributed by atoms with Crippen LogP contribution in [0.4, 0.5) is 4.39 Å². The molecule has 0 unspecified atom stereocenters. The molecule has 7 heteroatoms. The maximum absolute atomic E-state index is 13.3. The first-order chi connectivity index (χ1) is 12.2. The second-order valence-corrected chi connectivity index (χ2v) is 6.10. The lowest BCUT2D eigenvalue weighted by Gasteiger charge is -2.36. The third kappa shape index (κ3) is 3.26. The SMILES string of the molecule is O=C(NC1CC(c2cccc(F)c2)C1)c1nccc(-n2ccnc2)n1. The molecule has 25 heavy (non-hydrogen) atoms. The molecule has 1 fully saturated rings. The maximum Gasteiger partial charge on any atom is 0.289 e. The first kappa shape index (κ1) is 15.4. The van der Waals surface area contributed by atoms with E-state index in [4.69, 9.17) is 0 Å². The Hall–Kier alpha value is -3.09. The zero-order valence-corrected chi connectivity index (χ0v) is 13.3. The van der Waals surface area contributed by atoms with Gasteiger partial charge < -0.3 is 5.32 Å². The Morgan fingerprint density at radius 3 is 2.88 bits per heavy atom. The molecule has 1 N–H and O–H groups in total. The molecular formula is C18H16FN5O. The van der Waals surface area contributed by atoms with Crippen LogP contribution in [-0.4, -0.2) is 31.5 Å². The van der Waals surface area contributed by atoms with Gasteiger partial charge in [-0.2, -0.15) is 0 Å². The summed E-state index contributed by atoms with van der Waals surface area (Å²) in [5, 5.41) is 2.94. The zero-order chi connectivity index (χ0) is 17.2. The maximum atomic E-state index is 13.3. The van der Waals surface area contributed by atoms with Crippen molar-refractivity contribution in [1.82, 2.24) is 24.8 Å². The van der Waals surface area contributed by atoms with Crippen LogP contribution < -0.4 is 5.32 Å². The van der Waals surface area contributed by atoms with Gasteiger partial charge in [0.15, 0.2) is 0 Å². The van der Waals surface area contributed by atoms with Crippen molar-refractivity contribution in [2.45, 2.75) is 24.8 Å². The number of hydrogen-bond acceptors (Lipinski definition) is 4. The molecule has 1 amide bonds. The number of imidazole rings is 1. The number of carbonyl (C=O) groups is 1. The minimum absolute atomic E-state index is 0.0567. The smallest absolute Gasteiger partial charge is 0.289 e. The first-order valence-electron chi connectivity index (χ1n) is 8.07. The number of hydrogen-bond donors (Lipinski definition) is 1. The van der Waals surface area contributed by atoms with E-state index in [1.165, 1.54) is 6.07 Å². The highest BCUT2D eigenvalue weighted by atomic mass is 19.1. The average molecular weight is 337 g/mol. The molecule has 1 saturated carbocycles. The zero-order valence-electron chi connectivity index (χ0n) is 13.3. The molecule has 0 spiro atoms. The highest BCUT2D eigenvalue weighted by Crippen LogP contribution is 2.37. The number of halogens is 1. The Kier molecular flexibility index (Phi) is 3.97. The van der Waals surface area contributed by atoms with Crippen molar-refractivity contribution in [1.29, 1.82) is 0 Å². The lowest BCUT2D eigenvalue weighted by molar-refractivity contribution is 0.0898. The molecule has 126 valence electrons. The van der Waals surface area contributed by atoms with Gasteiger partial charge in [-0.1, -0.05) is 12.1 Å². The molecule has 1 aliphatic rings. The van der Waals surface area contributed by atoms with Crippen LogP contribution in [0.1, 0.15) is 34.9 Å². The van der Waals surface area contributed by atoms with E-state index in [-0.39, 0.29) is 29.5 Å². The van der Waals surface area contributed by atoms with E-state index in [9.17, 15) is 9.18 Å². The van der Waals surface area contributed by atoms with Crippen molar-refractivity contribution >= 4 is 5.91 Å². The van der Waals surface area contributed by atoms with E-state index in [0.29, 0.717) is 5.82 Å². The van der Waals surface area contributed by atoms with Gasteiger partial charge in [0, 0.05) is 24.6 Å². The Labute approximate surface area is 143 Å². The molecule has 0 saturated heterocycles. The molecular weight excluding hydrogens is 321 g/mol. The van der Waals surface area contributed by atoms with Gasteiger partial charge >= 0.3 is 0 Å². The van der Waals surface area contributed by atoms with E-state index in [0.717, 1.165) is 18.4 Å². The predicted octanol–water partition coefficient (Wildman–Crippen LogP) is 2.48. The molecule has 1 aromatic carbocycles. The standard InChI is InChI=1S/C18H16FN5O/c19-14-3-1-2-12(8-14)13-9-15(10-13)22-18(25)17-21-5-4-16(23-17)24-7-6-20-11-24/h1-8,11,13,15H,9-10H2,(H,22,25). The van der Waals surface area contributed by atoms with Crippen LogP contribution in [-0.2, 0) is 0 Å². The lowest BCUT2D eigenvalue weighted by atomic mass is 9.76. The Morgan fingerprint density at radius 1 is 1.24 bits per heavy atom. The van der Waals surface area contributed by atoms with Crippen molar-refractivity contribution in [3.8, 4) is 5.82 Å². The van der Waals surface area contributed by atoms with Crippen molar-refractivity contribution in [3.63, 3.8) is 0 Å². The van der Waals surface area contributed by atoms with Crippen LogP contribution in [0.15, 0.2) is 55.2 Å². The third-order valence-electron chi connectivity index (χ3n) is 4.41. The highest BCUT2D eigenvalue weighted by molar-refractivity contribution is 5.90.